The van der Waals surface area contributed by atoms with Crippen LogP contribution in [0.4, 0.5) is 0 Å². The maximum atomic E-state index is 12.8. The minimum absolute atomic E-state index is 0.0707. The third-order valence-corrected chi connectivity index (χ3v) is 9.37. The van der Waals surface area contributed by atoms with Gasteiger partial charge in [0.2, 0.25) is 0 Å². The molecule has 1 aliphatic rings. The van der Waals surface area contributed by atoms with E-state index in [0.717, 1.165) is 75.4 Å². The van der Waals surface area contributed by atoms with Gasteiger partial charge >= 0.3 is 11.9 Å². The van der Waals surface area contributed by atoms with Crippen molar-refractivity contribution in [2.75, 3.05) is 26.4 Å². The Labute approximate surface area is 300 Å². The molecule has 0 aromatic heterocycles. The van der Waals surface area contributed by atoms with Gasteiger partial charge in [-0.05, 0) is 92.3 Å². The first kappa shape index (κ1) is 39.1. The second-order valence-corrected chi connectivity index (χ2v) is 13.5. The molecule has 272 valence electrons. The van der Waals surface area contributed by atoms with E-state index in [9.17, 15) is 9.59 Å². The molecule has 0 N–H and O–H groups in total. The Bertz CT molecular complexity index is 1380. The second kappa shape index (κ2) is 22.2. The highest BCUT2D eigenvalue weighted by atomic mass is 16.5. The molecule has 0 saturated carbocycles. The molecule has 7 heteroatoms. The molecule has 0 bridgehead atoms. The maximum Gasteiger partial charge on any atom is 0.343 e. The van der Waals surface area contributed by atoms with E-state index in [1.165, 1.54) is 51.4 Å². The monoisotopic (exact) mass is 686 g/mol. The van der Waals surface area contributed by atoms with E-state index in [-0.39, 0.29) is 12.1 Å². The highest BCUT2D eigenvalue weighted by molar-refractivity contribution is 5.92. The lowest BCUT2D eigenvalue weighted by molar-refractivity contribution is -0.130. The molecule has 1 heterocycles. The molecule has 0 spiro atoms. The molecule has 3 aromatic rings. The quantitative estimate of drug-likeness (QED) is 0.0527. The van der Waals surface area contributed by atoms with E-state index in [1.807, 2.05) is 36.4 Å². The van der Waals surface area contributed by atoms with E-state index in [1.54, 1.807) is 36.4 Å². The highest BCUT2D eigenvalue weighted by Gasteiger charge is 2.27. The lowest BCUT2D eigenvalue weighted by Crippen LogP contribution is -2.40. The van der Waals surface area contributed by atoms with E-state index < -0.39 is 5.97 Å². The Morgan fingerprint density at radius 1 is 0.660 bits per heavy atom. The van der Waals surface area contributed by atoms with Gasteiger partial charge in [-0.2, -0.15) is 0 Å². The topological polar surface area (TPSA) is 80.3 Å². The molecule has 1 aliphatic heterocycles. The van der Waals surface area contributed by atoms with Crippen LogP contribution in [0.25, 0.3) is 11.1 Å². The van der Waals surface area contributed by atoms with Gasteiger partial charge in [-0.3, -0.25) is 0 Å². The van der Waals surface area contributed by atoms with Gasteiger partial charge in [0.05, 0.1) is 37.1 Å². The van der Waals surface area contributed by atoms with Crippen molar-refractivity contribution in [2.45, 2.75) is 116 Å². The predicted octanol–water partition coefficient (Wildman–Crippen LogP) is 10.6. The molecule has 1 fully saturated rings. The van der Waals surface area contributed by atoms with Crippen LogP contribution in [0.1, 0.15) is 125 Å². The number of hydrogen-bond acceptors (Lipinski definition) is 7. The van der Waals surface area contributed by atoms with Crippen molar-refractivity contribution >= 4 is 11.9 Å². The van der Waals surface area contributed by atoms with E-state index in [0.29, 0.717) is 28.9 Å². The van der Waals surface area contributed by atoms with Crippen LogP contribution < -0.4 is 9.47 Å². The van der Waals surface area contributed by atoms with Gasteiger partial charge < -0.3 is 23.7 Å². The van der Waals surface area contributed by atoms with E-state index in [4.69, 9.17) is 23.7 Å². The molecule has 3 aromatic carbocycles. The Morgan fingerprint density at radius 3 is 1.70 bits per heavy atom. The fourth-order valence-electron chi connectivity index (χ4n) is 6.07. The van der Waals surface area contributed by atoms with Crippen molar-refractivity contribution in [1.82, 2.24) is 0 Å². The molecule has 0 aliphatic carbocycles. The molecular weight excluding hydrogens is 628 g/mol. The Kier molecular flexibility index (Phi) is 17.4. The molecule has 7 nitrogen and oxygen atoms in total. The van der Waals surface area contributed by atoms with Gasteiger partial charge in [0.25, 0.3) is 0 Å². The summed E-state index contributed by atoms with van der Waals surface area (Å²) in [6.07, 6.45) is 15.1. The Hall–Kier alpha value is -3.68. The van der Waals surface area contributed by atoms with Gasteiger partial charge in [0.1, 0.15) is 17.6 Å². The van der Waals surface area contributed by atoms with Gasteiger partial charge in [-0.25, -0.2) is 9.59 Å². The second-order valence-electron chi connectivity index (χ2n) is 13.5. The summed E-state index contributed by atoms with van der Waals surface area (Å²) in [7, 11) is 0. The molecule has 50 heavy (non-hydrogen) atoms. The summed E-state index contributed by atoms with van der Waals surface area (Å²) >= 11 is 0. The average molecular weight is 687 g/mol. The zero-order chi connectivity index (χ0) is 35.4. The third kappa shape index (κ3) is 13.6. The molecular formula is C43H58O7. The van der Waals surface area contributed by atoms with Crippen molar-refractivity contribution in [1.29, 1.82) is 0 Å². The summed E-state index contributed by atoms with van der Waals surface area (Å²) in [5.74, 6) is 1.04. The molecule has 1 saturated heterocycles. The largest absolute Gasteiger partial charge is 0.494 e. The summed E-state index contributed by atoms with van der Waals surface area (Å²) in [6, 6.07) is 21.9. The number of rotatable bonds is 24. The molecule has 0 amide bonds. The Morgan fingerprint density at radius 2 is 1.16 bits per heavy atom. The lowest BCUT2D eigenvalue weighted by Gasteiger charge is -2.33. The van der Waals surface area contributed by atoms with Crippen molar-refractivity contribution in [3.63, 3.8) is 0 Å². The number of benzene rings is 3. The fraction of sp³-hybridized carbons (Fsp3) is 0.535. The lowest BCUT2D eigenvalue weighted by atomic mass is 10.0. The van der Waals surface area contributed by atoms with E-state index >= 15 is 0 Å². The molecule has 0 radical (unpaired) electrons. The van der Waals surface area contributed by atoms with Crippen molar-refractivity contribution in [3.8, 4) is 22.6 Å². The van der Waals surface area contributed by atoms with Crippen molar-refractivity contribution in [2.24, 2.45) is 5.92 Å². The number of carbonyl (C=O) groups is 2. The average Bonchev–Trinajstić information content (AvgIpc) is 3.13. The summed E-state index contributed by atoms with van der Waals surface area (Å²) in [5.41, 5.74) is 2.94. The smallest absolute Gasteiger partial charge is 0.343 e. The van der Waals surface area contributed by atoms with E-state index in [2.05, 4.69) is 20.8 Å². The molecule has 4 rings (SSSR count). The molecule has 2 atom stereocenters. The van der Waals surface area contributed by atoms with Gasteiger partial charge in [0.15, 0.2) is 0 Å². The first-order valence-electron chi connectivity index (χ1n) is 19.0. The van der Waals surface area contributed by atoms with Crippen LogP contribution in [0, 0.1) is 5.92 Å². The standard InChI is InChI=1S/C43H58O7/c1-4-15-40(16-5-2)49-43(45)37-23-27-41(28-24-37)50-42(44)36-19-17-34(18-20-36)35-21-25-39(26-22-35)47-30-14-12-10-8-6-7-9-11-13-29-46-31-38-32-48-33(38)3/h17-28,33,38,40H,4-16,29-32H2,1-3H3. The SMILES string of the molecule is CCCC(CCC)OC(=O)c1ccc(OC(=O)c2ccc(-c3ccc(OCCCCCCCCCCCOCC4COC4C)cc3)cc2)cc1. The van der Waals surface area contributed by atoms with Crippen molar-refractivity contribution < 1.29 is 33.3 Å². The summed E-state index contributed by atoms with van der Waals surface area (Å²) in [4.78, 5) is 25.3. The van der Waals surface area contributed by atoms with Crippen molar-refractivity contribution in [3.05, 3.63) is 83.9 Å². The van der Waals surface area contributed by atoms with Gasteiger partial charge in [-0.1, -0.05) is 95.9 Å². The number of unbranched alkanes of at least 4 members (excludes halogenated alkanes) is 8. The van der Waals surface area contributed by atoms with Gasteiger partial charge in [0, 0.05) is 12.5 Å². The highest BCUT2D eigenvalue weighted by Crippen LogP contribution is 2.24. The minimum atomic E-state index is -0.455. The zero-order valence-corrected chi connectivity index (χ0v) is 30.5. The summed E-state index contributed by atoms with van der Waals surface area (Å²) < 4.78 is 28.4. The first-order chi connectivity index (χ1) is 24.5. The van der Waals surface area contributed by atoms with Gasteiger partial charge in [-0.15, -0.1) is 0 Å². The summed E-state index contributed by atoms with van der Waals surface area (Å²) in [6.45, 7) is 9.62. The van der Waals surface area contributed by atoms with Crippen LogP contribution in [0.15, 0.2) is 72.8 Å². The number of esters is 2. The normalized spacial score (nSPS) is 15.4. The van der Waals surface area contributed by atoms with Crippen LogP contribution >= 0.6 is 0 Å². The molecule has 2 unspecified atom stereocenters. The van der Waals surface area contributed by atoms with Crippen LogP contribution in [0.2, 0.25) is 0 Å². The fourth-order valence-corrected chi connectivity index (χ4v) is 6.07. The Balaban J connectivity index is 1.06. The van der Waals surface area contributed by atoms with Crippen LogP contribution in [-0.2, 0) is 14.2 Å². The van der Waals surface area contributed by atoms with Crippen LogP contribution in [-0.4, -0.2) is 50.6 Å². The maximum absolute atomic E-state index is 12.8. The minimum Gasteiger partial charge on any atom is -0.494 e. The number of hydrogen-bond donors (Lipinski definition) is 0. The van der Waals surface area contributed by atoms with Crippen LogP contribution in [0.5, 0.6) is 11.5 Å². The first-order valence-corrected chi connectivity index (χ1v) is 19.0. The number of ether oxygens (including phenoxy) is 5. The summed E-state index contributed by atoms with van der Waals surface area (Å²) in [5, 5.41) is 0. The van der Waals surface area contributed by atoms with Crippen LogP contribution in [0.3, 0.4) is 0 Å². The predicted molar refractivity (Wildman–Crippen MR) is 199 cm³/mol. The zero-order valence-electron chi connectivity index (χ0n) is 30.5. The third-order valence-electron chi connectivity index (χ3n) is 9.37. The number of carbonyl (C=O) groups excluding carboxylic acids is 2.